The Kier molecular flexibility index (Phi) is 3.72. The average Bonchev–Trinajstić information content (AvgIpc) is 3.23. The fourth-order valence-electron chi connectivity index (χ4n) is 2.18. The lowest BCUT2D eigenvalue weighted by atomic mass is 10.0. The van der Waals surface area contributed by atoms with Crippen LogP contribution >= 0.6 is 11.6 Å². The Morgan fingerprint density at radius 3 is 2.45 bits per heavy atom. The Bertz CT molecular complexity index is 618. The zero-order valence-electron chi connectivity index (χ0n) is 10.8. The maximum atomic E-state index is 13.8. The summed E-state index contributed by atoms with van der Waals surface area (Å²) in [6, 6.07) is 9.51. The molecule has 0 aliphatic heterocycles. The van der Waals surface area contributed by atoms with Crippen molar-refractivity contribution in [3.8, 4) is 11.1 Å². The zero-order valence-corrected chi connectivity index (χ0v) is 11.6. The van der Waals surface area contributed by atoms with Crippen LogP contribution in [-0.4, -0.2) is 6.04 Å². The molecule has 1 aliphatic carbocycles. The second-order valence-electron chi connectivity index (χ2n) is 5.06. The number of benzene rings is 2. The molecular weight excluding hydrogens is 280 g/mol. The Labute approximate surface area is 121 Å². The van der Waals surface area contributed by atoms with Crippen molar-refractivity contribution in [2.75, 3.05) is 0 Å². The van der Waals surface area contributed by atoms with Crippen molar-refractivity contribution in [3.05, 3.63) is 58.6 Å². The number of hydrogen-bond donors (Lipinski definition) is 1. The molecule has 0 aromatic heterocycles. The van der Waals surface area contributed by atoms with Gasteiger partial charge in [0.15, 0.2) is 0 Å². The van der Waals surface area contributed by atoms with Crippen LogP contribution in [0.4, 0.5) is 8.78 Å². The van der Waals surface area contributed by atoms with Gasteiger partial charge in [-0.1, -0.05) is 23.7 Å². The summed E-state index contributed by atoms with van der Waals surface area (Å²) in [6.07, 6.45) is 2.36. The second kappa shape index (κ2) is 5.51. The average molecular weight is 294 g/mol. The van der Waals surface area contributed by atoms with Gasteiger partial charge in [-0.3, -0.25) is 0 Å². The molecule has 0 atom stereocenters. The van der Waals surface area contributed by atoms with Crippen LogP contribution in [0.1, 0.15) is 18.4 Å². The van der Waals surface area contributed by atoms with E-state index in [4.69, 9.17) is 11.6 Å². The lowest BCUT2D eigenvalue weighted by molar-refractivity contribution is 0.589. The third kappa shape index (κ3) is 2.84. The Morgan fingerprint density at radius 2 is 1.80 bits per heavy atom. The third-order valence-corrected chi connectivity index (χ3v) is 3.82. The first-order chi connectivity index (χ1) is 9.65. The Balaban J connectivity index is 1.94. The van der Waals surface area contributed by atoms with Gasteiger partial charge in [0.1, 0.15) is 11.6 Å². The van der Waals surface area contributed by atoms with Crippen LogP contribution in [-0.2, 0) is 6.54 Å². The summed E-state index contributed by atoms with van der Waals surface area (Å²) in [7, 11) is 0. The molecule has 0 saturated heterocycles. The van der Waals surface area contributed by atoms with E-state index in [0.29, 0.717) is 23.2 Å². The zero-order chi connectivity index (χ0) is 14.1. The predicted octanol–water partition coefficient (Wildman–Crippen LogP) is 4.54. The van der Waals surface area contributed by atoms with E-state index in [-0.39, 0.29) is 5.56 Å². The molecule has 1 N–H and O–H groups in total. The smallest absolute Gasteiger partial charge is 0.133 e. The molecule has 0 unspecified atom stereocenters. The molecule has 1 fully saturated rings. The summed E-state index contributed by atoms with van der Waals surface area (Å²) >= 11 is 6.14. The number of halogens is 3. The molecule has 1 saturated carbocycles. The highest BCUT2D eigenvalue weighted by molar-refractivity contribution is 6.31. The van der Waals surface area contributed by atoms with Crippen LogP contribution in [0.25, 0.3) is 11.1 Å². The van der Waals surface area contributed by atoms with Gasteiger partial charge in [-0.05, 0) is 48.2 Å². The number of hydrogen-bond acceptors (Lipinski definition) is 1. The van der Waals surface area contributed by atoms with Gasteiger partial charge < -0.3 is 5.32 Å². The summed E-state index contributed by atoms with van der Waals surface area (Å²) in [4.78, 5) is 0. The van der Waals surface area contributed by atoms with Crippen LogP contribution in [0, 0.1) is 11.6 Å². The maximum Gasteiger partial charge on any atom is 0.133 e. The van der Waals surface area contributed by atoms with Crippen LogP contribution in [0.3, 0.4) is 0 Å². The Hall–Kier alpha value is -1.45. The molecule has 0 spiro atoms. The molecule has 1 aliphatic rings. The minimum Gasteiger partial charge on any atom is -0.310 e. The van der Waals surface area contributed by atoms with Crippen LogP contribution in [0.2, 0.25) is 5.02 Å². The Morgan fingerprint density at radius 1 is 1.10 bits per heavy atom. The molecule has 0 radical (unpaired) electrons. The molecule has 104 valence electrons. The SMILES string of the molecule is Fc1cccc(F)c1-c1ccc(Cl)c(CNC2CC2)c1. The monoisotopic (exact) mass is 293 g/mol. The fraction of sp³-hybridized carbons (Fsp3) is 0.250. The van der Waals surface area contributed by atoms with Gasteiger partial charge in [-0.25, -0.2) is 8.78 Å². The van der Waals surface area contributed by atoms with Gasteiger partial charge in [-0.2, -0.15) is 0 Å². The minimum atomic E-state index is -0.562. The van der Waals surface area contributed by atoms with E-state index < -0.39 is 11.6 Å². The van der Waals surface area contributed by atoms with Gasteiger partial charge in [0.05, 0.1) is 5.56 Å². The van der Waals surface area contributed by atoms with Crippen molar-refractivity contribution in [1.29, 1.82) is 0 Å². The van der Waals surface area contributed by atoms with Gasteiger partial charge in [0.25, 0.3) is 0 Å². The van der Waals surface area contributed by atoms with Crippen molar-refractivity contribution in [2.24, 2.45) is 0 Å². The predicted molar refractivity (Wildman–Crippen MR) is 76.7 cm³/mol. The molecule has 0 amide bonds. The van der Waals surface area contributed by atoms with Gasteiger partial charge in [-0.15, -0.1) is 0 Å². The van der Waals surface area contributed by atoms with E-state index in [2.05, 4.69) is 5.32 Å². The normalized spacial score (nSPS) is 14.6. The first-order valence-electron chi connectivity index (χ1n) is 6.61. The lowest BCUT2D eigenvalue weighted by Crippen LogP contribution is -2.15. The van der Waals surface area contributed by atoms with Crippen LogP contribution in [0.5, 0.6) is 0 Å². The largest absolute Gasteiger partial charge is 0.310 e. The second-order valence-corrected chi connectivity index (χ2v) is 5.47. The number of nitrogens with one attached hydrogen (secondary N) is 1. The van der Waals surface area contributed by atoms with Crippen molar-refractivity contribution in [2.45, 2.75) is 25.4 Å². The summed E-state index contributed by atoms with van der Waals surface area (Å²) in [6.45, 7) is 0.618. The summed E-state index contributed by atoms with van der Waals surface area (Å²) < 4.78 is 27.6. The highest BCUT2D eigenvalue weighted by Gasteiger charge is 2.20. The maximum absolute atomic E-state index is 13.8. The van der Waals surface area contributed by atoms with E-state index in [1.165, 1.54) is 31.0 Å². The van der Waals surface area contributed by atoms with Crippen LogP contribution in [0.15, 0.2) is 36.4 Å². The quantitative estimate of drug-likeness (QED) is 0.873. The van der Waals surface area contributed by atoms with Gasteiger partial charge in [0.2, 0.25) is 0 Å². The summed E-state index contributed by atoms with van der Waals surface area (Å²) in [5.74, 6) is -1.12. The van der Waals surface area contributed by atoms with Crippen molar-refractivity contribution < 1.29 is 8.78 Å². The van der Waals surface area contributed by atoms with E-state index in [9.17, 15) is 8.78 Å². The molecule has 2 aromatic rings. The van der Waals surface area contributed by atoms with E-state index in [0.717, 1.165) is 5.56 Å². The van der Waals surface area contributed by atoms with Crippen molar-refractivity contribution >= 4 is 11.6 Å². The van der Waals surface area contributed by atoms with E-state index in [1.807, 2.05) is 0 Å². The topological polar surface area (TPSA) is 12.0 Å². The molecule has 1 nitrogen and oxygen atoms in total. The third-order valence-electron chi connectivity index (χ3n) is 3.46. The number of rotatable bonds is 4. The molecule has 0 heterocycles. The first kappa shape index (κ1) is 13.5. The molecule has 2 aromatic carbocycles. The van der Waals surface area contributed by atoms with Crippen molar-refractivity contribution in [1.82, 2.24) is 5.32 Å². The molecule has 0 bridgehead atoms. The highest BCUT2D eigenvalue weighted by atomic mass is 35.5. The van der Waals surface area contributed by atoms with Gasteiger partial charge in [0, 0.05) is 17.6 Å². The molecule has 4 heteroatoms. The summed E-state index contributed by atoms with van der Waals surface area (Å²) in [5, 5.41) is 3.96. The molecule has 20 heavy (non-hydrogen) atoms. The highest BCUT2D eigenvalue weighted by Crippen LogP contribution is 2.30. The standard InChI is InChI=1S/C16H14ClF2N/c17-13-7-4-10(8-11(13)9-20-12-5-6-12)16-14(18)2-1-3-15(16)19/h1-4,7-8,12,20H,5-6,9H2. The van der Waals surface area contributed by atoms with Crippen LogP contribution < -0.4 is 5.32 Å². The minimum absolute atomic E-state index is 0.00293. The first-order valence-corrected chi connectivity index (χ1v) is 6.99. The molecule has 3 rings (SSSR count). The fourth-order valence-corrected chi connectivity index (χ4v) is 2.37. The van der Waals surface area contributed by atoms with E-state index >= 15 is 0 Å². The summed E-state index contributed by atoms with van der Waals surface area (Å²) in [5.41, 5.74) is 1.37. The van der Waals surface area contributed by atoms with Gasteiger partial charge >= 0.3 is 0 Å². The van der Waals surface area contributed by atoms with E-state index in [1.54, 1.807) is 18.2 Å². The van der Waals surface area contributed by atoms with Crippen molar-refractivity contribution in [3.63, 3.8) is 0 Å². The molecular formula is C16H14ClF2N. The lowest BCUT2D eigenvalue weighted by Gasteiger charge is -2.10.